The van der Waals surface area contributed by atoms with E-state index in [4.69, 9.17) is 9.90 Å². The lowest BCUT2D eigenvalue weighted by Crippen LogP contribution is -2.39. The Labute approximate surface area is 169 Å². The first-order valence-corrected chi connectivity index (χ1v) is 10.3. The molecule has 2 aromatic rings. The van der Waals surface area contributed by atoms with E-state index in [9.17, 15) is 18.0 Å². The molecule has 1 saturated heterocycles. The molecule has 1 aliphatic carbocycles. The van der Waals surface area contributed by atoms with Crippen molar-refractivity contribution in [3.05, 3.63) is 29.3 Å². The fourth-order valence-corrected chi connectivity index (χ4v) is 4.49. The van der Waals surface area contributed by atoms with Crippen LogP contribution in [0.4, 0.5) is 13.2 Å². The van der Waals surface area contributed by atoms with Gasteiger partial charge in [-0.25, -0.2) is 9.78 Å². The third kappa shape index (κ3) is 5.66. The van der Waals surface area contributed by atoms with Crippen LogP contribution in [0.2, 0.25) is 0 Å². The van der Waals surface area contributed by atoms with Crippen molar-refractivity contribution in [3.8, 4) is 0 Å². The number of nitrogens with zero attached hydrogens (tertiary/aromatic N) is 2. The number of benzene rings is 1. The molecule has 2 aliphatic rings. The van der Waals surface area contributed by atoms with Crippen LogP contribution in [-0.2, 0) is 4.79 Å². The van der Waals surface area contributed by atoms with Crippen LogP contribution in [-0.4, -0.2) is 58.2 Å². The zero-order valence-electron chi connectivity index (χ0n) is 15.6. The summed E-state index contributed by atoms with van der Waals surface area (Å²) in [5, 5.41) is 10.3. The van der Waals surface area contributed by atoms with Gasteiger partial charge in [-0.3, -0.25) is 9.69 Å². The van der Waals surface area contributed by atoms with E-state index in [1.54, 1.807) is 11.3 Å². The molecule has 0 radical (unpaired) electrons. The molecule has 0 spiro atoms. The number of nitrogens with one attached hydrogen (secondary N) is 1. The first kappa shape index (κ1) is 21.5. The summed E-state index contributed by atoms with van der Waals surface area (Å²) >= 11 is 1.58. The standard InChI is InChI=1S/C17H21N3OS.C2HF3O2/c21-17(12-5-6-15-16(9-12)22-11-18-15)19-13-7-8-20(10-13)14-3-1-2-4-14;3-2(4,5)1(6)7/h5-6,9,11,13-14H,1-4,7-8,10H2,(H,19,21);(H,6,7)/t13-;/m0./s1. The van der Waals surface area contributed by atoms with Crippen LogP contribution in [0, 0.1) is 0 Å². The second-order valence-electron chi connectivity index (χ2n) is 7.23. The molecule has 1 aliphatic heterocycles. The topological polar surface area (TPSA) is 82.5 Å². The number of halogens is 3. The van der Waals surface area contributed by atoms with Crippen LogP contribution in [0.3, 0.4) is 0 Å². The minimum Gasteiger partial charge on any atom is -0.475 e. The molecule has 1 amide bonds. The second kappa shape index (κ2) is 9.08. The molecule has 1 saturated carbocycles. The number of aromatic nitrogens is 1. The summed E-state index contributed by atoms with van der Waals surface area (Å²) < 4.78 is 32.8. The predicted octanol–water partition coefficient (Wildman–Crippen LogP) is 3.68. The Morgan fingerprint density at radius 1 is 1.21 bits per heavy atom. The highest BCUT2D eigenvalue weighted by atomic mass is 32.1. The Bertz CT molecular complexity index is 865. The van der Waals surface area contributed by atoms with Gasteiger partial charge in [0.2, 0.25) is 0 Å². The van der Waals surface area contributed by atoms with Gasteiger partial charge in [0.25, 0.3) is 5.91 Å². The number of carbonyl (C=O) groups excluding carboxylic acids is 1. The quantitative estimate of drug-likeness (QED) is 0.778. The van der Waals surface area contributed by atoms with Crippen molar-refractivity contribution in [1.29, 1.82) is 0 Å². The average Bonchev–Trinajstić information content (AvgIpc) is 3.41. The molecule has 1 atom stereocenters. The monoisotopic (exact) mass is 429 g/mol. The highest BCUT2D eigenvalue weighted by Gasteiger charge is 2.38. The Morgan fingerprint density at radius 2 is 1.90 bits per heavy atom. The van der Waals surface area contributed by atoms with E-state index in [0.717, 1.165) is 41.3 Å². The molecular weight excluding hydrogens is 407 g/mol. The summed E-state index contributed by atoms with van der Waals surface area (Å²) in [5.74, 6) is -2.71. The van der Waals surface area contributed by atoms with Gasteiger partial charge in [-0.2, -0.15) is 13.2 Å². The number of thiazole rings is 1. The third-order valence-electron chi connectivity index (χ3n) is 5.23. The van der Waals surface area contributed by atoms with Crippen molar-refractivity contribution in [2.75, 3.05) is 13.1 Å². The maximum atomic E-state index is 12.4. The van der Waals surface area contributed by atoms with Crippen LogP contribution < -0.4 is 5.32 Å². The molecular formula is C19H22F3N3O3S. The van der Waals surface area contributed by atoms with Crippen LogP contribution in [0.25, 0.3) is 10.2 Å². The lowest BCUT2D eigenvalue weighted by molar-refractivity contribution is -0.192. The number of hydrogen-bond donors (Lipinski definition) is 2. The first-order valence-electron chi connectivity index (χ1n) is 9.42. The van der Waals surface area contributed by atoms with E-state index in [-0.39, 0.29) is 5.91 Å². The largest absolute Gasteiger partial charge is 0.490 e. The maximum Gasteiger partial charge on any atom is 0.490 e. The molecule has 29 heavy (non-hydrogen) atoms. The Kier molecular flexibility index (Phi) is 6.74. The highest BCUT2D eigenvalue weighted by molar-refractivity contribution is 7.16. The normalized spacial score (nSPS) is 20.4. The molecule has 1 aromatic carbocycles. The fourth-order valence-electron chi connectivity index (χ4n) is 3.77. The minimum atomic E-state index is -5.08. The van der Waals surface area contributed by atoms with Crippen LogP contribution in [0.5, 0.6) is 0 Å². The average molecular weight is 429 g/mol. The number of carboxylic acids is 1. The SMILES string of the molecule is O=C(N[C@H]1CCN(C2CCCC2)C1)c1ccc2ncsc2c1.O=C(O)C(F)(F)F. The lowest BCUT2D eigenvalue weighted by atomic mass is 10.1. The number of alkyl halides is 3. The van der Waals surface area contributed by atoms with Crippen molar-refractivity contribution in [2.45, 2.75) is 50.4 Å². The fraction of sp³-hybridized carbons (Fsp3) is 0.526. The van der Waals surface area contributed by atoms with Crippen LogP contribution in [0.1, 0.15) is 42.5 Å². The first-order chi connectivity index (χ1) is 13.7. The van der Waals surface area contributed by atoms with E-state index >= 15 is 0 Å². The molecule has 0 bridgehead atoms. The molecule has 2 fully saturated rings. The van der Waals surface area contributed by atoms with E-state index < -0.39 is 12.1 Å². The van der Waals surface area contributed by atoms with Crippen molar-refractivity contribution in [1.82, 2.24) is 15.2 Å². The van der Waals surface area contributed by atoms with E-state index in [2.05, 4.69) is 15.2 Å². The second-order valence-corrected chi connectivity index (χ2v) is 8.12. The number of rotatable bonds is 3. The molecule has 4 rings (SSSR count). The van der Waals surface area contributed by atoms with Gasteiger partial charge in [-0.05, 0) is 37.5 Å². The molecule has 158 valence electrons. The van der Waals surface area contributed by atoms with Gasteiger partial charge in [-0.15, -0.1) is 11.3 Å². The van der Waals surface area contributed by atoms with Gasteiger partial charge >= 0.3 is 12.1 Å². The number of fused-ring (bicyclic) bond motifs is 1. The number of aliphatic carboxylic acids is 1. The summed E-state index contributed by atoms with van der Waals surface area (Å²) in [5.41, 5.74) is 3.54. The summed E-state index contributed by atoms with van der Waals surface area (Å²) in [6, 6.07) is 6.81. The highest BCUT2D eigenvalue weighted by Crippen LogP contribution is 2.26. The van der Waals surface area contributed by atoms with E-state index in [1.807, 2.05) is 23.7 Å². The third-order valence-corrected chi connectivity index (χ3v) is 6.02. The van der Waals surface area contributed by atoms with Gasteiger partial charge in [0.05, 0.1) is 15.7 Å². The summed E-state index contributed by atoms with van der Waals surface area (Å²) in [6.07, 6.45) is 1.40. The van der Waals surface area contributed by atoms with Crippen molar-refractivity contribution in [2.24, 2.45) is 0 Å². The van der Waals surface area contributed by atoms with Crippen molar-refractivity contribution in [3.63, 3.8) is 0 Å². The minimum absolute atomic E-state index is 0.0496. The van der Waals surface area contributed by atoms with E-state index in [0.29, 0.717) is 6.04 Å². The molecule has 2 N–H and O–H groups in total. The van der Waals surface area contributed by atoms with Gasteiger partial charge in [0, 0.05) is 30.7 Å². The Hall–Kier alpha value is -2.20. The number of hydrogen-bond acceptors (Lipinski definition) is 5. The van der Waals surface area contributed by atoms with E-state index in [1.165, 1.54) is 25.7 Å². The molecule has 2 heterocycles. The van der Waals surface area contributed by atoms with Crippen molar-refractivity contribution < 1.29 is 27.9 Å². The lowest BCUT2D eigenvalue weighted by Gasteiger charge is -2.23. The summed E-state index contributed by atoms with van der Waals surface area (Å²) in [4.78, 5) is 28.2. The Morgan fingerprint density at radius 3 is 2.55 bits per heavy atom. The number of likely N-dealkylation sites (tertiary alicyclic amines) is 1. The number of carbonyl (C=O) groups is 2. The number of carboxylic acid groups (broad SMARTS) is 1. The summed E-state index contributed by atoms with van der Waals surface area (Å²) in [6.45, 7) is 2.14. The van der Waals surface area contributed by atoms with Gasteiger partial charge in [-0.1, -0.05) is 12.8 Å². The van der Waals surface area contributed by atoms with Gasteiger partial charge in [0.1, 0.15) is 0 Å². The van der Waals surface area contributed by atoms with Gasteiger partial charge in [0.15, 0.2) is 0 Å². The summed E-state index contributed by atoms with van der Waals surface area (Å²) in [7, 11) is 0. The van der Waals surface area contributed by atoms with Gasteiger partial charge < -0.3 is 10.4 Å². The zero-order valence-corrected chi connectivity index (χ0v) is 16.4. The molecule has 10 heteroatoms. The van der Waals surface area contributed by atoms with Crippen molar-refractivity contribution >= 4 is 33.4 Å². The number of amides is 1. The predicted molar refractivity (Wildman–Crippen MR) is 103 cm³/mol. The van der Waals surface area contributed by atoms with Crippen LogP contribution in [0.15, 0.2) is 23.7 Å². The molecule has 1 aromatic heterocycles. The smallest absolute Gasteiger partial charge is 0.475 e. The molecule has 6 nitrogen and oxygen atoms in total. The van der Waals surface area contributed by atoms with Crippen LogP contribution >= 0.6 is 11.3 Å². The molecule has 0 unspecified atom stereocenters. The zero-order chi connectivity index (χ0) is 21.0. The maximum absolute atomic E-state index is 12.4. The Balaban J connectivity index is 0.000000298.